The maximum absolute atomic E-state index is 13.2. The van der Waals surface area contributed by atoms with Gasteiger partial charge in [0, 0.05) is 22.2 Å². The molecule has 0 bridgehead atoms. The van der Waals surface area contributed by atoms with E-state index in [0.29, 0.717) is 39.6 Å². The summed E-state index contributed by atoms with van der Waals surface area (Å²) in [5.74, 6) is 2.22. The van der Waals surface area contributed by atoms with Gasteiger partial charge in [0.1, 0.15) is 17.3 Å². The summed E-state index contributed by atoms with van der Waals surface area (Å²) in [6.07, 6.45) is -0.833. The van der Waals surface area contributed by atoms with Gasteiger partial charge >= 0.3 is 6.03 Å². The molecule has 2 amide bonds. The molecular formula is C26H23ClN6O3. The van der Waals surface area contributed by atoms with Crippen molar-refractivity contribution in [1.82, 2.24) is 20.1 Å². The average molecular weight is 503 g/mol. The Hall–Kier alpha value is -4.37. The zero-order chi connectivity index (χ0) is 25.2. The Morgan fingerprint density at radius 1 is 1.00 bits per heavy atom. The Bertz CT molecular complexity index is 1470. The number of nitrogens with zero attached hydrogens (tertiary/aromatic N) is 4. The van der Waals surface area contributed by atoms with Crippen LogP contribution in [0.4, 0.5) is 10.5 Å². The molecular weight excluding hydrogens is 480 g/mol. The molecule has 4 aromatic rings. The second-order valence-corrected chi connectivity index (χ2v) is 8.45. The number of anilines is 1. The number of amides is 2. The van der Waals surface area contributed by atoms with Crippen molar-refractivity contribution < 1.29 is 14.3 Å². The van der Waals surface area contributed by atoms with Gasteiger partial charge in [0.05, 0.1) is 31.3 Å². The molecule has 0 spiro atoms. The zero-order valence-corrected chi connectivity index (χ0v) is 20.6. The minimum atomic E-state index is -0.833. The van der Waals surface area contributed by atoms with Crippen LogP contribution in [0.15, 0.2) is 71.7 Å². The Labute approximate surface area is 212 Å². The molecule has 2 N–H and O–H groups in total. The highest BCUT2D eigenvalue weighted by Crippen LogP contribution is 2.31. The summed E-state index contributed by atoms with van der Waals surface area (Å²) >= 11 is 6.13. The largest absolute Gasteiger partial charge is 0.497 e. The maximum atomic E-state index is 13.2. The number of rotatable bonds is 5. The van der Waals surface area contributed by atoms with Crippen LogP contribution in [0.25, 0.3) is 5.69 Å². The number of fused-ring (bicyclic) bond motifs is 3. The van der Waals surface area contributed by atoms with Crippen LogP contribution in [0, 0.1) is 6.92 Å². The van der Waals surface area contributed by atoms with Crippen molar-refractivity contribution in [2.45, 2.75) is 13.1 Å². The van der Waals surface area contributed by atoms with Crippen LogP contribution in [-0.2, 0) is 0 Å². The monoisotopic (exact) mass is 502 g/mol. The van der Waals surface area contributed by atoms with Crippen LogP contribution in [0.1, 0.15) is 28.9 Å². The summed E-state index contributed by atoms with van der Waals surface area (Å²) in [6.45, 7) is 1.86. The third kappa shape index (κ3) is 4.36. The Morgan fingerprint density at radius 3 is 2.53 bits per heavy atom. The summed E-state index contributed by atoms with van der Waals surface area (Å²) in [4.78, 5) is 18.1. The molecule has 1 unspecified atom stereocenters. The molecule has 2 heterocycles. The van der Waals surface area contributed by atoms with Crippen LogP contribution >= 0.6 is 11.6 Å². The lowest BCUT2D eigenvalue weighted by molar-refractivity contribution is 0.248. The second kappa shape index (κ2) is 9.71. The number of hydrogen-bond acceptors (Lipinski definition) is 6. The van der Waals surface area contributed by atoms with E-state index in [2.05, 4.69) is 20.8 Å². The molecule has 10 heteroatoms. The molecule has 0 fully saturated rings. The van der Waals surface area contributed by atoms with Gasteiger partial charge in [-0.25, -0.2) is 4.79 Å². The molecule has 0 saturated heterocycles. The number of hydrogen-bond donors (Lipinski definition) is 2. The van der Waals surface area contributed by atoms with Gasteiger partial charge < -0.3 is 20.1 Å². The first-order chi connectivity index (χ1) is 17.5. The maximum Gasteiger partial charge on any atom is 0.321 e. The van der Waals surface area contributed by atoms with E-state index >= 15 is 0 Å². The van der Waals surface area contributed by atoms with Crippen LogP contribution in [0.2, 0.25) is 5.02 Å². The molecule has 0 aliphatic carbocycles. The third-order valence-corrected chi connectivity index (χ3v) is 6.05. The van der Waals surface area contributed by atoms with Gasteiger partial charge in [-0.05, 0) is 37.3 Å². The quantitative estimate of drug-likeness (QED) is 0.403. The highest BCUT2D eigenvalue weighted by atomic mass is 35.5. The molecule has 9 nitrogen and oxygen atoms in total. The van der Waals surface area contributed by atoms with Crippen molar-refractivity contribution >= 4 is 29.0 Å². The Morgan fingerprint density at radius 2 is 1.78 bits per heavy atom. The van der Waals surface area contributed by atoms with E-state index in [1.54, 1.807) is 25.3 Å². The van der Waals surface area contributed by atoms with E-state index in [1.807, 2.05) is 60.0 Å². The van der Waals surface area contributed by atoms with Crippen molar-refractivity contribution in [2.75, 3.05) is 19.5 Å². The van der Waals surface area contributed by atoms with E-state index in [-0.39, 0.29) is 0 Å². The minimum absolute atomic E-state index is 0.450. The SMILES string of the molecule is COc1ccc(OC)c(NC(=O)NC2N=C(c3ccc(Cl)cc3)c3ccccc3-n3c(C)nnc32)c1. The molecule has 182 valence electrons. The number of ether oxygens (including phenoxy) is 2. The highest BCUT2D eigenvalue weighted by Gasteiger charge is 2.29. The van der Waals surface area contributed by atoms with Gasteiger partial charge in [-0.2, -0.15) is 0 Å². The number of urea groups is 1. The fourth-order valence-corrected chi connectivity index (χ4v) is 4.23. The first kappa shape index (κ1) is 23.4. The number of para-hydroxylation sites is 1. The van der Waals surface area contributed by atoms with Crippen LogP contribution < -0.4 is 20.1 Å². The van der Waals surface area contributed by atoms with Gasteiger partial charge in [-0.3, -0.25) is 9.56 Å². The standard InChI is InChI=1S/C26H23ClN6O3/c1-15-31-32-25-24(30-26(34)28-20-14-18(35-2)12-13-22(20)36-3)29-23(16-8-10-17(27)11-9-16)19-6-4-5-7-21(19)33(15)25/h4-14,24H,1-3H3,(H2,28,30,34). The van der Waals surface area contributed by atoms with Gasteiger partial charge in [0.25, 0.3) is 0 Å². The summed E-state index contributed by atoms with van der Waals surface area (Å²) < 4.78 is 12.6. The first-order valence-corrected chi connectivity index (χ1v) is 11.5. The number of carbonyl (C=O) groups is 1. The lowest BCUT2D eigenvalue weighted by Gasteiger charge is -2.16. The highest BCUT2D eigenvalue weighted by molar-refractivity contribution is 6.30. The van der Waals surface area contributed by atoms with Gasteiger partial charge in [-0.15, -0.1) is 10.2 Å². The van der Waals surface area contributed by atoms with Crippen molar-refractivity contribution in [3.05, 3.63) is 94.5 Å². The van der Waals surface area contributed by atoms with E-state index < -0.39 is 12.2 Å². The van der Waals surface area contributed by atoms with E-state index in [4.69, 9.17) is 26.1 Å². The average Bonchev–Trinajstić information content (AvgIpc) is 3.21. The predicted molar refractivity (Wildman–Crippen MR) is 138 cm³/mol. The van der Waals surface area contributed by atoms with Crippen LogP contribution in [0.3, 0.4) is 0 Å². The number of aliphatic imine (C=N–C) groups is 1. The number of benzene rings is 3. The summed E-state index contributed by atoms with van der Waals surface area (Å²) in [5.41, 5.74) is 3.73. The first-order valence-electron chi connectivity index (χ1n) is 11.1. The molecule has 1 aromatic heterocycles. The van der Waals surface area contributed by atoms with Crippen LogP contribution in [-0.4, -0.2) is 40.7 Å². The van der Waals surface area contributed by atoms with Crippen molar-refractivity contribution in [3.63, 3.8) is 0 Å². The van der Waals surface area contributed by atoms with Gasteiger partial charge in [-0.1, -0.05) is 41.9 Å². The molecule has 1 aliphatic rings. The molecule has 0 radical (unpaired) electrons. The van der Waals surface area contributed by atoms with E-state index in [1.165, 1.54) is 7.11 Å². The summed E-state index contributed by atoms with van der Waals surface area (Å²) in [5, 5.41) is 15.0. The number of carbonyl (C=O) groups excluding carboxylic acids is 1. The number of methoxy groups -OCH3 is 2. The Balaban J connectivity index is 1.57. The fourth-order valence-electron chi connectivity index (χ4n) is 4.11. The smallest absolute Gasteiger partial charge is 0.321 e. The molecule has 1 aliphatic heterocycles. The van der Waals surface area contributed by atoms with Crippen molar-refractivity contribution in [2.24, 2.45) is 4.99 Å². The molecule has 36 heavy (non-hydrogen) atoms. The lowest BCUT2D eigenvalue weighted by Crippen LogP contribution is -2.33. The number of aromatic nitrogens is 3. The topological polar surface area (TPSA) is 103 Å². The number of halogens is 1. The number of nitrogens with one attached hydrogen (secondary N) is 2. The Kier molecular flexibility index (Phi) is 6.30. The molecule has 0 saturated carbocycles. The lowest BCUT2D eigenvalue weighted by atomic mass is 10.0. The predicted octanol–water partition coefficient (Wildman–Crippen LogP) is 4.92. The summed E-state index contributed by atoms with van der Waals surface area (Å²) in [6, 6.07) is 19.9. The van der Waals surface area contributed by atoms with Gasteiger partial charge in [0.15, 0.2) is 12.0 Å². The molecule has 3 aromatic carbocycles. The fraction of sp³-hybridized carbons (Fsp3) is 0.154. The van der Waals surface area contributed by atoms with Crippen LogP contribution in [0.5, 0.6) is 11.5 Å². The molecule has 5 rings (SSSR count). The van der Waals surface area contributed by atoms with Gasteiger partial charge in [0.2, 0.25) is 0 Å². The van der Waals surface area contributed by atoms with E-state index in [0.717, 1.165) is 16.8 Å². The van der Waals surface area contributed by atoms with E-state index in [9.17, 15) is 4.79 Å². The molecule has 1 atom stereocenters. The zero-order valence-electron chi connectivity index (χ0n) is 19.8. The summed E-state index contributed by atoms with van der Waals surface area (Å²) in [7, 11) is 3.08. The second-order valence-electron chi connectivity index (χ2n) is 8.01. The normalized spacial score (nSPS) is 14.1. The minimum Gasteiger partial charge on any atom is -0.497 e. The van der Waals surface area contributed by atoms with Crippen molar-refractivity contribution in [1.29, 1.82) is 0 Å². The third-order valence-electron chi connectivity index (χ3n) is 5.79. The number of aryl methyl sites for hydroxylation is 1. The van der Waals surface area contributed by atoms with Crippen molar-refractivity contribution in [3.8, 4) is 17.2 Å².